The van der Waals surface area contributed by atoms with Gasteiger partial charge in [-0.25, -0.2) is 0 Å². The first-order valence-corrected chi connectivity index (χ1v) is 7.38. The van der Waals surface area contributed by atoms with E-state index in [9.17, 15) is 9.59 Å². The number of carbonyl (C=O) groups excluding carboxylic acids is 2. The van der Waals surface area contributed by atoms with Crippen LogP contribution in [0.25, 0.3) is 0 Å². The molecule has 118 valence electrons. The van der Waals surface area contributed by atoms with Crippen LogP contribution in [0.1, 0.15) is 18.1 Å². The van der Waals surface area contributed by atoms with Crippen LogP contribution in [-0.2, 0) is 14.3 Å². The first kappa shape index (κ1) is 15.1. The molecule has 1 fully saturated rings. The summed E-state index contributed by atoms with van der Waals surface area (Å²) in [7, 11) is 1.56. The van der Waals surface area contributed by atoms with Gasteiger partial charge >= 0.3 is 5.97 Å². The highest BCUT2D eigenvalue weighted by Gasteiger charge is 2.40. The maximum atomic E-state index is 12.3. The van der Waals surface area contributed by atoms with E-state index >= 15 is 0 Å². The molecule has 5 nitrogen and oxygen atoms in total. The second-order valence-electron chi connectivity index (χ2n) is 5.35. The van der Waals surface area contributed by atoms with E-state index in [4.69, 9.17) is 9.47 Å². The Morgan fingerprint density at radius 2 is 1.96 bits per heavy atom. The topological polar surface area (TPSA) is 64.6 Å². The minimum absolute atomic E-state index is 0.346. The molecule has 0 bridgehead atoms. The van der Waals surface area contributed by atoms with E-state index in [1.807, 2.05) is 30.3 Å². The van der Waals surface area contributed by atoms with Gasteiger partial charge in [0.15, 0.2) is 0 Å². The van der Waals surface area contributed by atoms with Gasteiger partial charge in [-0.15, -0.1) is 0 Å². The summed E-state index contributed by atoms with van der Waals surface area (Å²) in [6, 6.07) is 16.4. The molecule has 1 amide bonds. The fourth-order valence-corrected chi connectivity index (χ4v) is 2.60. The standard InChI is InChI=1S/C18H17NO4/c1-22-14-9-5-8-13(10-14)19-17(20)15-11-16(23-18(15)21)12-6-3-2-4-7-12/h2-10,15-16H,11H2,1H3,(H,19,20)/t15-,16-/m0/s1. The molecule has 1 N–H and O–H groups in total. The zero-order valence-electron chi connectivity index (χ0n) is 12.7. The number of benzene rings is 2. The van der Waals surface area contributed by atoms with Crippen molar-refractivity contribution in [3.8, 4) is 5.75 Å². The molecule has 2 atom stereocenters. The Morgan fingerprint density at radius 1 is 1.17 bits per heavy atom. The molecule has 0 spiro atoms. The first-order valence-electron chi connectivity index (χ1n) is 7.38. The summed E-state index contributed by atoms with van der Waals surface area (Å²) in [6.07, 6.45) is -0.0247. The highest BCUT2D eigenvalue weighted by atomic mass is 16.6. The van der Waals surface area contributed by atoms with E-state index < -0.39 is 11.9 Å². The molecule has 0 unspecified atom stereocenters. The Bertz CT molecular complexity index is 714. The summed E-state index contributed by atoms with van der Waals surface area (Å²) >= 11 is 0. The van der Waals surface area contributed by atoms with Crippen LogP contribution in [0.15, 0.2) is 54.6 Å². The minimum Gasteiger partial charge on any atom is -0.497 e. The average molecular weight is 311 g/mol. The number of nitrogens with one attached hydrogen (secondary N) is 1. The molecule has 1 heterocycles. The van der Waals surface area contributed by atoms with Gasteiger partial charge in [0.1, 0.15) is 17.8 Å². The van der Waals surface area contributed by atoms with E-state index in [2.05, 4.69) is 5.32 Å². The molecule has 0 aliphatic carbocycles. The molecule has 5 heteroatoms. The molecule has 1 aliphatic heterocycles. The normalized spacial score (nSPS) is 20.0. The van der Waals surface area contributed by atoms with Crippen molar-refractivity contribution in [3.05, 3.63) is 60.2 Å². The molecule has 3 rings (SSSR count). The van der Waals surface area contributed by atoms with Crippen molar-refractivity contribution >= 4 is 17.6 Å². The maximum Gasteiger partial charge on any atom is 0.319 e. The van der Waals surface area contributed by atoms with Crippen LogP contribution in [-0.4, -0.2) is 19.0 Å². The lowest BCUT2D eigenvalue weighted by atomic mass is 9.99. The predicted octanol–water partition coefficient (Wildman–Crippen LogP) is 2.94. The van der Waals surface area contributed by atoms with Gasteiger partial charge in [-0.3, -0.25) is 9.59 Å². The number of methoxy groups -OCH3 is 1. The van der Waals surface area contributed by atoms with Crippen molar-refractivity contribution in [1.82, 2.24) is 0 Å². The SMILES string of the molecule is COc1cccc(NC(=O)[C@@H]2C[C@@H](c3ccccc3)OC2=O)c1. The summed E-state index contributed by atoms with van der Waals surface area (Å²) in [5, 5.41) is 2.74. The van der Waals surface area contributed by atoms with Gasteiger partial charge in [-0.1, -0.05) is 36.4 Å². The van der Waals surface area contributed by atoms with Gasteiger partial charge < -0.3 is 14.8 Å². The number of hydrogen-bond donors (Lipinski definition) is 1. The van der Waals surface area contributed by atoms with E-state index in [0.717, 1.165) is 5.56 Å². The second kappa shape index (κ2) is 6.52. The third-order valence-electron chi connectivity index (χ3n) is 3.82. The molecule has 2 aromatic rings. The predicted molar refractivity (Wildman–Crippen MR) is 85.0 cm³/mol. The Kier molecular flexibility index (Phi) is 4.28. The number of anilines is 1. The van der Waals surface area contributed by atoms with E-state index in [1.54, 1.807) is 31.4 Å². The van der Waals surface area contributed by atoms with Crippen LogP contribution in [0, 0.1) is 5.92 Å². The Hall–Kier alpha value is -2.82. The quantitative estimate of drug-likeness (QED) is 0.696. The van der Waals surface area contributed by atoms with Gasteiger partial charge in [-0.2, -0.15) is 0 Å². The number of ether oxygens (including phenoxy) is 2. The minimum atomic E-state index is -0.800. The van der Waals surface area contributed by atoms with E-state index in [0.29, 0.717) is 17.9 Å². The number of carbonyl (C=O) groups is 2. The first-order chi connectivity index (χ1) is 11.2. The lowest BCUT2D eigenvalue weighted by Crippen LogP contribution is -2.26. The highest BCUT2D eigenvalue weighted by molar-refractivity contribution is 6.05. The van der Waals surface area contributed by atoms with Crippen LogP contribution in [0.3, 0.4) is 0 Å². The summed E-state index contributed by atoms with van der Waals surface area (Å²) in [6.45, 7) is 0. The lowest BCUT2D eigenvalue weighted by molar-refractivity contribution is -0.146. The van der Waals surface area contributed by atoms with Crippen molar-refractivity contribution < 1.29 is 19.1 Å². The van der Waals surface area contributed by atoms with E-state index in [-0.39, 0.29) is 12.0 Å². The van der Waals surface area contributed by atoms with Crippen molar-refractivity contribution in [2.45, 2.75) is 12.5 Å². The second-order valence-corrected chi connectivity index (χ2v) is 5.35. The van der Waals surface area contributed by atoms with Crippen LogP contribution < -0.4 is 10.1 Å². The third kappa shape index (κ3) is 3.34. The molecule has 0 aromatic heterocycles. The molecule has 1 saturated heterocycles. The number of rotatable bonds is 4. The van der Waals surface area contributed by atoms with Gasteiger partial charge in [-0.05, 0) is 17.7 Å². The van der Waals surface area contributed by atoms with Gasteiger partial charge in [0.05, 0.1) is 7.11 Å². The Morgan fingerprint density at radius 3 is 2.70 bits per heavy atom. The summed E-state index contributed by atoms with van der Waals surface area (Å²) in [4.78, 5) is 24.4. The van der Waals surface area contributed by atoms with Crippen molar-refractivity contribution in [1.29, 1.82) is 0 Å². The van der Waals surface area contributed by atoms with Gasteiger partial charge in [0.25, 0.3) is 0 Å². The van der Waals surface area contributed by atoms with Crippen LogP contribution >= 0.6 is 0 Å². The smallest absolute Gasteiger partial charge is 0.319 e. The lowest BCUT2D eigenvalue weighted by Gasteiger charge is -2.09. The molecule has 1 aliphatic rings. The number of cyclic esters (lactones) is 1. The summed E-state index contributed by atoms with van der Waals surface area (Å²) in [5.74, 6) is -1.01. The van der Waals surface area contributed by atoms with Crippen molar-refractivity contribution in [3.63, 3.8) is 0 Å². The molecule has 0 radical (unpaired) electrons. The van der Waals surface area contributed by atoms with Crippen molar-refractivity contribution in [2.24, 2.45) is 5.92 Å². The van der Waals surface area contributed by atoms with Gasteiger partial charge in [0.2, 0.25) is 5.91 Å². The Balaban J connectivity index is 1.69. The zero-order chi connectivity index (χ0) is 16.2. The van der Waals surface area contributed by atoms with Crippen LogP contribution in [0.2, 0.25) is 0 Å². The van der Waals surface area contributed by atoms with Crippen LogP contribution in [0.4, 0.5) is 5.69 Å². The maximum absolute atomic E-state index is 12.3. The number of hydrogen-bond acceptors (Lipinski definition) is 4. The largest absolute Gasteiger partial charge is 0.497 e. The van der Waals surface area contributed by atoms with Crippen LogP contribution in [0.5, 0.6) is 5.75 Å². The number of esters is 1. The summed E-state index contributed by atoms with van der Waals surface area (Å²) in [5.41, 5.74) is 1.49. The molecular weight excluding hydrogens is 294 g/mol. The zero-order valence-corrected chi connectivity index (χ0v) is 12.7. The monoisotopic (exact) mass is 311 g/mol. The molecule has 2 aromatic carbocycles. The number of amides is 1. The van der Waals surface area contributed by atoms with Gasteiger partial charge in [0, 0.05) is 18.2 Å². The fraction of sp³-hybridized carbons (Fsp3) is 0.222. The van der Waals surface area contributed by atoms with Crippen molar-refractivity contribution in [2.75, 3.05) is 12.4 Å². The molecular formula is C18H17NO4. The summed E-state index contributed by atoms with van der Waals surface area (Å²) < 4.78 is 10.5. The third-order valence-corrected chi connectivity index (χ3v) is 3.82. The average Bonchev–Trinajstić information content (AvgIpc) is 2.98. The Labute approximate surface area is 134 Å². The molecule has 0 saturated carbocycles. The van der Waals surface area contributed by atoms with E-state index in [1.165, 1.54) is 0 Å². The fourth-order valence-electron chi connectivity index (χ4n) is 2.60. The highest BCUT2D eigenvalue weighted by Crippen LogP contribution is 2.34. The molecule has 23 heavy (non-hydrogen) atoms.